The Morgan fingerprint density at radius 3 is 3.12 bits per heavy atom. The van der Waals surface area contributed by atoms with Crippen molar-refractivity contribution in [2.45, 2.75) is 6.10 Å². The van der Waals surface area contributed by atoms with Crippen molar-refractivity contribution in [3.8, 4) is 0 Å². The molecule has 1 aliphatic rings. The first-order chi connectivity index (χ1) is 8.36. The topological polar surface area (TPSA) is 38.3 Å². The molecule has 1 aliphatic heterocycles. The first kappa shape index (κ1) is 10.9. The van der Waals surface area contributed by atoms with Gasteiger partial charge in [-0.2, -0.15) is 0 Å². The number of benzene rings is 1. The summed E-state index contributed by atoms with van der Waals surface area (Å²) in [6, 6.07) is 7.99. The second kappa shape index (κ2) is 4.56. The maximum absolute atomic E-state index is 12.3. The molecule has 1 unspecified atom stereocenters. The first-order valence-corrected chi connectivity index (χ1v) is 6.57. The fourth-order valence-corrected chi connectivity index (χ4v) is 3.03. The van der Waals surface area contributed by atoms with Crippen LogP contribution in [0.4, 0.5) is 0 Å². The largest absolute Gasteiger partial charge is 0.367 e. The minimum Gasteiger partial charge on any atom is -0.367 e. The normalized spacial score (nSPS) is 20.6. The van der Waals surface area contributed by atoms with Gasteiger partial charge in [-0.1, -0.05) is 18.2 Å². The molecule has 1 saturated heterocycles. The molecule has 0 radical (unpaired) electrons. The van der Waals surface area contributed by atoms with Crippen LogP contribution in [0.3, 0.4) is 0 Å². The third-order valence-electron chi connectivity index (χ3n) is 2.97. The molecule has 2 aromatic rings. The van der Waals surface area contributed by atoms with Crippen LogP contribution >= 0.6 is 11.3 Å². The van der Waals surface area contributed by atoms with Crippen LogP contribution in [0, 0.1) is 0 Å². The number of carbonyl (C=O) groups is 1. The predicted octanol–water partition coefficient (Wildman–Crippen LogP) is 2.07. The molecule has 17 heavy (non-hydrogen) atoms. The van der Waals surface area contributed by atoms with E-state index in [1.165, 1.54) is 0 Å². The number of ether oxygens (including phenoxy) is 1. The molecule has 1 aromatic heterocycles. The molecular formula is C13H13NO2S. The van der Waals surface area contributed by atoms with E-state index in [0.717, 1.165) is 22.2 Å². The van der Waals surface area contributed by atoms with Crippen molar-refractivity contribution < 1.29 is 9.53 Å². The highest BCUT2D eigenvalue weighted by molar-refractivity contribution is 7.17. The van der Waals surface area contributed by atoms with E-state index in [1.807, 2.05) is 29.6 Å². The molecule has 1 fully saturated rings. The standard InChI is InChI=1S/C13H13NO2S/c15-13(11-7-14-5-6-16-11)10-8-17-12-4-2-1-3-9(10)12/h1-4,8,11,14H,5-7H2. The Morgan fingerprint density at radius 1 is 1.41 bits per heavy atom. The van der Waals surface area contributed by atoms with E-state index in [-0.39, 0.29) is 11.9 Å². The van der Waals surface area contributed by atoms with Crippen molar-refractivity contribution in [3.05, 3.63) is 35.2 Å². The maximum atomic E-state index is 12.3. The molecule has 0 aliphatic carbocycles. The molecule has 0 saturated carbocycles. The van der Waals surface area contributed by atoms with Gasteiger partial charge >= 0.3 is 0 Å². The van der Waals surface area contributed by atoms with E-state index >= 15 is 0 Å². The van der Waals surface area contributed by atoms with Gasteiger partial charge in [0.15, 0.2) is 5.78 Å². The van der Waals surface area contributed by atoms with Crippen molar-refractivity contribution in [1.82, 2.24) is 5.32 Å². The molecule has 1 N–H and O–H groups in total. The summed E-state index contributed by atoms with van der Waals surface area (Å²) in [6.45, 7) is 2.05. The zero-order chi connectivity index (χ0) is 11.7. The van der Waals surface area contributed by atoms with Gasteiger partial charge < -0.3 is 10.1 Å². The third kappa shape index (κ3) is 1.99. The summed E-state index contributed by atoms with van der Waals surface area (Å²) in [6.07, 6.45) is -0.332. The highest BCUT2D eigenvalue weighted by atomic mass is 32.1. The Hall–Kier alpha value is -1.23. The molecule has 0 spiro atoms. The second-order valence-electron chi connectivity index (χ2n) is 4.07. The number of morpholine rings is 1. The number of fused-ring (bicyclic) bond motifs is 1. The number of hydrogen-bond acceptors (Lipinski definition) is 4. The Kier molecular flexibility index (Phi) is 2.93. The van der Waals surface area contributed by atoms with Gasteiger partial charge in [-0.15, -0.1) is 11.3 Å². The van der Waals surface area contributed by atoms with Crippen LogP contribution in [0.2, 0.25) is 0 Å². The molecule has 4 heteroatoms. The zero-order valence-corrected chi connectivity index (χ0v) is 10.1. The summed E-state index contributed by atoms with van der Waals surface area (Å²) in [7, 11) is 0. The zero-order valence-electron chi connectivity index (χ0n) is 9.31. The van der Waals surface area contributed by atoms with Gasteiger partial charge in [0.05, 0.1) is 6.61 Å². The lowest BCUT2D eigenvalue weighted by atomic mass is 10.0. The minimum atomic E-state index is -0.332. The van der Waals surface area contributed by atoms with E-state index in [1.54, 1.807) is 11.3 Å². The summed E-state index contributed by atoms with van der Waals surface area (Å²) in [5.74, 6) is 0.0923. The fourth-order valence-electron chi connectivity index (χ4n) is 2.08. The summed E-state index contributed by atoms with van der Waals surface area (Å²) in [5.41, 5.74) is 0.791. The van der Waals surface area contributed by atoms with Crippen LogP contribution in [0.5, 0.6) is 0 Å². The minimum absolute atomic E-state index is 0.0923. The number of thiophene rings is 1. The maximum Gasteiger partial charge on any atom is 0.194 e. The number of ketones is 1. The molecule has 3 nitrogen and oxygen atoms in total. The smallest absolute Gasteiger partial charge is 0.194 e. The molecule has 0 amide bonds. The summed E-state index contributed by atoms with van der Waals surface area (Å²) in [4.78, 5) is 12.3. The van der Waals surface area contributed by atoms with E-state index in [4.69, 9.17) is 4.74 Å². The van der Waals surface area contributed by atoms with E-state index < -0.39 is 0 Å². The highest BCUT2D eigenvalue weighted by Gasteiger charge is 2.24. The van der Waals surface area contributed by atoms with Gasteiger partial charge in [0.25, 0.3) is 0 Å². The van der Waals surface area contributed by atoms with Crippen LogP contribution < -0.4 is 5.32 Å². The van der Waals surface area contributed by atoms with Crippen molar-refractivity contribution in [1.29, 1.82) is 0 Å². The second-order valence-corrected chi connectivity index (χ2v) is 4.98. The fraction of sp³-hybridized carbons (Fsp3) is 0.308. The molecule has 2 heterocycles. The van der Waals surface area contributed by atoms with Crippen LogP contribution in [0.1, 0.15) is 10.4 Å². The number of hydrogen-bond donors (Lipinski definition) is 1. The van der Waals surface area contributed by atoms with Crippen LogP contribution in [-0.2, 0) is 4.74 Å². The molecule has 1 aromatic carbocycles. The average Bonchev–Trinajstić information content (AvgIpc) is 2.83. The van der Waals surface area contributed by atoms with Crippen molar-refractivity contribution in [2.75, 3.05) is 19.7 Å². The van der Waals surface area contributed by atoms with Gasteiger partial charge in [-0.25, -0.2) is 0 Å². The number of carbonyl (C=O) groups excluding carboxylic acids is 1. The molecule has 1 atom stereocenters. The van der Waals surface area contributed by atoms with Gasteiger partial charge in [0.2, 0.25) is 0 Å². The lowest BCUT2D eigenvalue weighted by molar-refractivity contribution is 0.0271. The Morgan fingerprint density at radius 2 is 2.29 bits per heavy atom. The van der Waals surface area contributed by atoms with Gasteiger partial charge in [0, 0.05) is 34.1 Å². The monoisotopic (exact) mass is 247 g/mol. The van der Waals surface area contributed by atoms with Crippen LogP contribution in [0.15, 0.2) is 29.6 Å². The SMILES string of the molecule is O=C(c1csc2ccccc12)C1CNCCO1. The Balaban J connectivity index is 1.95. The number of rotatable bonds is 2. The van der Waals surface area contributed by atoms with Crippen molar-refractivity contribution >= 4 is 27.2 Å². The summed E-state index contributed by atoms with van der Waals surface area (Å²) >= 11 is 1.61. The van der Waals surface area contributed by atoms with Crippen molar-refractivity contribution in [2.24, 2.45) is 0 Å². The highest BCUT2D eigenvalue weighted by Crippen LogP contribution is 2.27. The quantitative estimate of drug-likeness (QED) is 0.826. The Bertz CT molecular complexity index is 543. The molecule has 0 bridgehead atoms. The Labute approximate surface area is 103 Å². The molecule has 3 rings (SSSR count). The van der Waals surface area contributed by atoms with Crippen LogP contribution in [-0.4, -0.2) is 31.6 Å². The van der Waals surface area contributed by atoms with E-state index in [0.29, 0.717) is 13.2 Å². The lowest BCUT2D eigenvalue weighted by Crippen LogP contribution is -2.43. The average molecular weight is 247 g/mol. The summed E-state index contributed by atoms with van der Waals surface area (Å²) < 4.78 is 6.66. The van der Waals surface area contributed by atoms with E-state index in [2.05, 4.69) is 5.32 Å². The molecular weight excluding hydrogens is 234 g/mol. The third-order valence-corrected chi connectivity index (χ3v) is 3.93. The van der Waals surface area contributed by atoms with E-state index in [9.17, 15) is 4.79 Å². The first-order valence-electron chi connectivity index (χ1n) is 5.69. The van der Waals surface area contributed by atoms with Gasteiger partial charge in [-0.05, 0) is 6.07 Å². The number of Topliss-reactive ketones (excluding diaryl/α,β-unsaturated/α-hetero) is 1. The lowest BCUT2D eigenvalue weighted by Gasteiger charge is -2.22. The number of nitrogens with one attached hydrogen (secondary N) is 1. The van der Waals surface area contributed by atoms with Gasteiger partial charge in [-0.3, -0.25) is 4.79 Å². The van der Waals surface area contributed by atoms with Crippen molar-refractivity contribution in [3.63, 3.8) is 0 Å². The summed E-state index contributed by atoms with van der Waals surface area (Å²) in [5, 5.41) is 6.16. The van der Waals surface area contributed by atoms with Crippen LogP contribution in [0.25, 0.3) is 10.1 Å². The predicted molar refractivity (Wildman–Crippen MR) is 68.8 cm³/mol. The van der Waals surface area contributed by atoms with Gasteiger partial charge in [0.1, 0.15) is 6.10 Å². The molecule has 88 valence electrons.